The second-order valence-corrected chi connectivity index (χ2v) is 2.62. The van der Waals surface area contributed by atoms with Gasteiger partial charge in [0, 0.05) is 13.1 Å². The normalized spacial score (nSPS) is 24.0. The number of halogens is 2. The predicted molar refractivity (Wildman–Crippen MR) is 31.6 cm³/mol. The van der Waals surface area contributed by atoms with E-state index in [1.54, 1.807) is 0 Å². The second kappa shape index (κ2) is 2.21. The van der Waals surface area contributed by atoms with E-state index in [1.807, 2.05) is 6.92 Å². The molecule has 9 heavy (non-hydrogen) atoms. The Kier molecular flexibility index (Phi) is 1.70. The Balaban J connectivity index is 2.46. The van der Waals surface area contributed by atoms with Crippen molar-refractivity contribution in [3.05, 3.63) is 0 Å². The van der Waals surface area contributed by atoms with Gasteiger partial charge in [-0.3, -0.25) is 0 Å². The monoisotopic (exact) mass is 135 g/mol. The molecular formula is C6H11F2N. The van der Waals surface area contributed by atoms with E-state index < -0.39 is 11.8 Å². The number of hydrogen-bond acceptors (Lipinski definition) is 1. The Hall–Kier alpha value is -0.180. The predicted octanol–water partition coefficient (Wildman–Crippen LogP) is 1.25. The van der Waals surface area contributed by atoms with E-state index in [9.17, 15) is 8.78 Å². The molecule has 1 fully saturated rings. The molecule has 1 aliphatic heterocycles. The largest absolute Gasteiger partial charge is 0.315 e. The van der Waals surface area contributed by atoms with Crippen molar-refractivity contribution in [1.82, 2.24) is 5.32 Å². The molecule has 1 saturated heterocycles. The maximum atomic E-state index is 12.1. The molecule has 0 aliphatic carbocycles. The zero-order valence-electron chi connectivity index (χ0n) is 5.45. The van der Waals surface area contributed by atoms with Crippen molar-refractivity contribution in [2.24, 2.45) is 5.41 Å². The summed E-state index contributed by atoms with van der Waals surface area (Å²) in [5, 5.41) is 2.85. The van der Waals surface area contributed by atoms with Crippen LogP contribution in [-0.4, -0.2) is 19.5 Å². The van der Waals surface area contributed by atoms with Crippen LogP contribution in [0, 0.1) is 5.41 Å². The maximum absolute atomic E-state index is 12.1. The lowest BCUT2D eigenvalue weighted by molar-refractivity contribution is -0.0439. The lowest BCUT2D eigenvalue weighted by Crippen LogP contribution is -2.57. The Bertz CT molecular complexity index is 93.7. The van der Waals surface area contributed by atoms with Crippen LogP contribution in [0.5, 0.6) is 0 Å². The summed E-state index contributed by atoms with van der Waals surface area (Å²) >= 11 is 0. The maximum Gasteiger partial charge on any atom is 0.246 e. The van der Waals surface area contributed by atoms with Gasteiger partial charge in [0.25, 0.3) is 0 Å². The van der Waals surface area contributed by atoms with Crippen LogP contribution in [0.25, 0.3) is 0 Å². The molecule has 1 heterocycles. The van der Waals surface area contributed by atoms with Gasteiger partial charge < -0.3 is 5.32 Å². The topological polar surface area (TPSA) is 12.0 Å². The Morgan fingerprint density at radius 3 is 2.11 bits per heavy atom. The van der Waals surface area contributed by atoms with Gasteiger partial charge in [-0.15, -0.1) is 0 Å². The zero-order chi connectivity index (χ0) is 6.91. The highest BCUT2D eigenvalue weighted by atomic mass is 19.3. The average Bonchev–Trinajstić information content (AvgIpc) is 1.62. The van der Waals surface area contributed by atoms with Crippen LogP contribution in [0.2, 0.25) is 0 Å². The smallest absolute Gasteiger partial charge is 0.246 e. The number of rotatable bonds is 2. The minimum absolute atomic E-state index is 0.487. The van der Waals surface area contributed by atoms with E-state index >= 15 is 0 Å². The minimum Gasteiger partial charge on any atom is -0.315 e. The van der Waals surface area contributed by atoms with Crippen molar-refractivity contribution in [1.29, 1.82) is 0 Å². The fourth-order valence-electron chi connectivity index (χ4n) is 1.00. The van der Waals surface area contributed by atoms with Crippen LogP contribution in [-0.2, 0) is 0 Å². The van der Waals surface area contributed by atoms with Crippen molar-refractivity contribution in [3.8, 4) is 0 Å². The molecule has 54 valence electrons. The Labute approximate surface area is 53.4 Å². The summed E-state index contributed by atoms with van der Waals surface area (Å²) in [6.45, 7) is 2.79. The molecule has 1 N–H and O–H groups in total. The summed E-state index contributed by atoms with van der Waals surface area (Å²) in [5.41, 5.74) is -0.681. The van der Waals surface area contributed by atoms with Gasteiger partial charge >= 0.3 is 0 Å². The summed E-state index contributed by atoms with van der Waals surface area (Å²) in [7, 11) is 0. The van der Waals surface area contributed by atoms with Gasteiger partial charge in [0.1, 0.15) is 0 Å². The first kappa shape index (κ1) is 6.93. The summed E-state index contributed by atoms with van der Waals surface area (Å²) in [5.74, 6) is 0. The molecule has 1 aliphatic rings. The third-order valence-corrected chi connectivity index (χ3v) is 2.12. The Morgan fingerprint density at radius 1 is 1.56 bits per heavy atom. The average molecular weight is 135 g/mol. The fraction of sp³-hybridized carbons (Fsp3) is 1.00. The third-order valence-electron chi connectivity index (χ3n) is 2.12. The lowest BCUT2D eigenvalue weighted by Gasteiger charge is -2.41. The van der Waals surface area contributed by atoms with Gasteiger partial charge in [-0.05, 0) is 6.42 Å². The molecule has 0 spiro atoms. The van der Waals surface area contributed by atoms with Gasteiger partial charge in [0.2, 0.25) is 6.43 Å². The van der Waals surface area contributed by atoms with E-state index in [1.165, 1.54) is 0 Å². The van der Waals surface area contributed by atoms with Gasteiger partial charge in [-0.1, -0.05) is 6.92 Å². The summed E-state index contributed by atoms with van der Waals surface area (Å²) < 4.78 is 24.2. The van der Waals surface area contributed by atoms with E-state index in [-0.39, 0.29) is 0 Å². The molecule has 0 aromatic carbocycles. The van der Waals surface area contributed by atoms with Crippen LogP contribution in [0.1, 0.15) is 13.3 Å². The molecule has 1 nitrogen and oxygen atoms in total. The van der Waals surface area contributed by atoms with Crippen LogP contribution in [0.4, 0.5) is 8.78 Å². The van der Waals surface area contributed by atoms with Gasteiger partial charge in [-0.25, -0.2) is 8.78 Å². The zero-order valence-corrected chi connectivity index (χ0v) is 5.45. The number of alkyl halides is 2. The first-order chi connectivity index (χ1) is 4.21. The van der Waals surface area contributed by atoms with Gasteiger partial charge in [0.15, 0.2) is 0 Å². The number of nitrogens with one attached hydrogen (secondary N) is 1. The fourth-order valence-corrected chi connectivity index (χ4v) is 1.00. The summed E-state index contributed by atoms with van der Waals surface area (Å²) in [6.07, 6.45) is -1.57. The van der Waals surface area contributed by atoms with Gasteiger partial charge in [0.05, 0.1) is 5.41 Å². The summed E-state index contributed by atoms with van der Waals surface area (Å²) in [4.78, 5) is 0. The van der Waals surface area contributed by atoms with Crippen LogP contribution < -0.4 is 5.32 Å². The van der Waals surface area contributed by atoms with Crippen molar-refractivity contribution < 1.29 is 8.78 Å². The first-order valence-corrected chi connectivity index (χ1v) is 3.20. The lowest BCUT2D eigenvalue weighted by atomic mass is 9.80. The molecule has 0 saturated carbocycles. The van der Waals surface area contributed by atoms with Crippen molar-refractivity contribution in [2.45, 2.75) is 19.8 Å². The second-order valence-electron chi connectivity index (χ2n) is 2.62. The highest BCUT2D eigenvalue weighted by molar-refractivity contribution is 4.92. The van der Waals surface area contributed by atoms with E-state index in [0.29, 0.717) is 19.5 Å². The molecule has 0 aromatic rings. The molecule has 0 unspecified atom stereocenters. The standard InChI is InChI=1S/C6H11F2N/c1-2-6(5(7)8)3-9-4-6/h5,9H,2-4H2,1H3. The van der Waals surface area contributed by atoms with E-state index in [0.717, 1.165) is 0 Å². The molecule has 3 heteroatoms. The highest BCUT2D eigenvalue weighted by Gasteiger charge is 2.43. The van der Waals surface area contributed by atoms with E-state index in [4.69, 9.17) is 0 Å². The molecule has 0 aromatic heterocycles. The SMILES string of the molecule is CCC1(C(F)F)CNC1. The van der Waals surface area contributed by atoms with Crippen LogP contribution in [0.15, 0.2) is 0 Å². The van der Waals surface area contributed by atoms with E-state index in [2.05, 4.69) is 5.32 Å². The summed E-state index contributed by atoms with van der Waals surface area (Å²) in [6, 6.07) is 0. The first-order valence-electron chi connectivity index (χ1n) is 3.20. The molecule has 0 radical (unpaired) electrons. The van der Waals surface area contributed by atoms with Crippen LogP contribution in [0.3, 0.4) is 0 Å². The molecule has 0 amide bonds. The Morgan fingerprint density at radius 2 is 2.11 bits per heavy atom. The minimum atomic E-state index is -2.15. The molecule has 0 atom stereocenters. The quantitative estimate of drug-likeness (QED) is 0.601. The van der Waals surface area contributed by atoms with Crippen molar-refractivity contribution >= 4 is 0 Å². The molecule has 1 rings (SSSR count). The number of hydrogen-bond donors (Lipinski definition) is 1. The third kappa shape index (κ3) is 0.936. The molecule has 0 bridgehead atoms. The van der Waals surface area contributed by atoms with Crippen LogP contribution >= 0.6 is 0 Å². The van der Waals surface area contributed by atoms with Crippen molar-refractivity contribution in [3.63, 3.8) is 0 Å². The van der Waals surface area contributed by atoms with Crippen molar-refractivity contribution in [2.75, 3.05) is 13.1 Å². The van der Waals surface area contributed by atoms with Gasteiger partial charge in [-0.2, -0.15) is 0 Å². The highest BCUT2D eigenvalue weighted by Crippen LogP contribution is 2.33. The molecular weight excluding hydrogens is 124 g/mol.